The summed E-state index contributed by atoms with van der Waals surface area (Å²) in [5.41, 5.74) is 1.16. The molecule has 1 aromatic rings. The molecule has 1 aromatic heterocycles. The molecular weight excluding hydrogens is 411 g/mol. The molecule has 0 saturated heterocycles. The molecular formula is C16H26ClIN4. The van der Waals surface area contributed by atoms with E-state index in [1.54, 1.807) is 0 Å². The van der Waals surface area contributed by atoms with E-state index in [9.17, 15) is 0 Å². The van der Waals surface area contributed by atoms with Gasteiger partial charge in [-0.25, -0.2) is 4.98 Å². The van der Waals surface area contributed by atoms with Crippen molar-refractivity contribution in [2.45, 2.75) is 45.6 Å². The zero-order valence-electron chi connectivity index (χ0n) is 13.3. The third-order valence-electron chi connectivity index (χ3n) is 3.71. The van der Waals surface area contributed by atoms with Gasteiger partial charge in [-0.15, -0.1) is 24.0 Å². The van der Waals surface area contributed by atoms with Crippen LogP contribution in [0.2, 0.25) is 5.15 Å². The van der Waals surface area contributed by atoms with Gasteiger partial charge in [-0.2, -0.15) is 0 Å². The molecule has 0 bridgehead atoms. The molecule has 0 aromatic carbocycles. The summed E-state index contributed by atoms with van der Waals surface area (Å²) in [4.78, 5) is 8.73. The van der Waals surface area contributed by atoms with Crippen LogP contribution in [-0.2, 0) is 6.42 Å². The number of nitrogens with zero attached hydrogens (tertiary/aromatic N) is 2. The minimum absolute atomic E-state index is 0. The van der Waals surface area contributed by atoms with E-state index in [0.29, 0.717) is 11.2 Å². The van der Waals surface area contributed by atoms with Crippen molar-refractivity contribution in [3.8, 4) is 0 Å². The predicted octanol–water partition coefficient (Wildman–Crippen LogP) is 3.64. The van der Waals surface area contributed by atoms with E-state index in [-0.39, 0.29) is 24.0 Å². The van der Waals surface area contributed by atoms with E-state index in [1.165, 1.54) is 19.3 Å². The van der Waals surface area contributed by atoms with Crippen LogP contribution in [0.4, 0.5) is 0 Å². The number of hydrogen-bond donors (Lipinski definition) is 2. The van der Waals surface area contributed by atoms with Gasteiger partial charge >= 0.3 is 0 Å². The third-order valence-corrected chi connectivity index (χ3v) is 3.93. The summed E-state index contributed by atoms with van der Waals surface area (Å²) in [7, 11) is 0. The van der Waals surface area contributed by atoms with Crippen LogP contribution in [0.5, 0.6) is 0 Å². The fourth-order valence-corrected chi connectivity index (χ4v) is 2.57. The van der Waals surface area contributed by atoms with Crippen LogP contribution >= 0.6 is 35.6 Å². The first-order valence-corrected chi connectivity index (χ1v) is 8.26. The molecule has 1 fully saturated rings. The van der Waals surface area contributed by atoms with Crippen LogP contribution < -0.4 is 10.6 Å². The van der Waals surface area contributed by atoms with Gasteiger partial charge in [0.25, 0.3) is 0 Å². The Morgan fingerprint density at radius 1 is 1.41 bits per heavy atom. The summed E-state index contributed by atoms with van der Waals surface area (Å²) in [6, 6.07) is 4.44. The molecule has 22 heavy (non-hydrogen) atoms. The molecule has 2 atom stereocenters. The van der Waals surface area contributed by atoms with Crippen molar-refractivity contribution in [3.63, 3.8) is 0 Å². The monoisotopic (exact) mass is 436 g/mol. The van der Waals surface area contributed by atoms with Crippen LogP contribution in [0, 0.1) is 5.92 Å². The van der Waals surface area contributed by atoms with Crippen molar-refractivity contribution in [2.24, 2.45) is 10.9 Å². The van der Waals surface area contributed by atoms with Crippen molar-refractivity contribution in [3.05, 3.63) is 29.0 Å². The van der Waals surface area contributed by atoms with Crippen molar-refractivity contribution in [2.75, 3.05) is 13.1 Å². The molecule has 2 rings (SSSR count). The standard InChI is InChI=1S/C16H25ClN4.HI/c1-3-5-13-10-14(13)21-16(18-4-2)19-9-8-12-6-7-15(17)20-11-12;/h6-7,11,13-14H,3-5,8-10H2,1-2H3,(H2,18,19,21);1H. The maximum atomic E-state index is 5.78. The Bertz CT molecular complexity index is 464. The number of pyridine rings is 1. The second-order valence-corrected chi connectivity index (χ2v) is 5.92. The summed E-state index contributed by atoms with van der Waals surface area (Å²) in [6.45, 7) is 5.98. The predicted molar refractivity (Wildman–Crippen MR) is 104 cm³/mol. The van der Waals surface area contributed by atoms with E-state index in [4.69, 9.17) is 11.6 Å². The normalized spacial score (nSPS) is 20.2. The van der Waals surface area contributed by atoms with Gasteiger partial charge in [-0.05, 0) is 43.7 Å². The quantitative estimate of drug-likeness (QED) is 0.297. The molecule has 1 saturated carbocycles. The Labute approximate surface area is 155 Å². The number of aromatic nitrogens is 1. The third kappa shape index (κ3) is 6.69. The number of rotatable bonds is 7. The fourth-order valence-electron chi connectivity index (χ4n) is 2.46. The van der Waals surface area contributed by atoms with Gasteiger partial charge in [0.05, 0.1) is 0 Å². The Balaban J connectivity index is 0.00000242. The maximum Gasteiger partial charge on any atom is 0.191 e. The van der Waals surface area contributed by atoms with E-state index in [1.807, 2.05) is 18.3 Å². The first kappa shape index (κ1) is 19.5. The topological polar surface area (TPSA) is 49.3 Å². The lowest BCUT2D eigenvalue weighted by Crippen LogP contribution is -2.39. The zero-order valence-corrected chi connectivity index (χ0v) is 16.4. The van der Waals surface area contributed by atoms with Gasteiger partial charge in [0, 0.05) is 25.3 Å². The molecule has 124 valence electrons. The average molecular weight is 437 g/mol. The van der Waals surface area contributed by atoms with Crippen LogP contribution in [-0.4, -0.2) is 30.1 Å². The second-order valence-electron chi connectivity index (χ2n) is 5.54. The van der Waals surface area contributed by atoms with Gasteiger partial charge in [0.2, 0.25) is 0 Å². The van der Waals surface area contributed by atoms with Crippen molar-refractivity contribution >= 4 is 41.5 Å². The lowest BCUT2D eigenvalue weighted by Gasteiger charge is -2.11. The zero-order chi connectivity index (χ0) is 15.1. The van der Waals surface area contributed by atoms with E-state index < -0.39 is 0 Å². The lowest BCUT2D eigenvalue weighted by atomic mass is 10.2. The largest absolute Gasteiger partial charge is 0.357 e. The number of halogens is 2. The van der Waals surface area contributed by atoms with Crippen molar-refractivity contribution in [1.82, 2.24) is 15.6 Å². The highest BCUT2D eigenvalue weighted by Crippen LogP contribution is 2.34. The van der Waals surface area contributed by atoms with E-state index >= 15 is 0 Å². The number of aliphatic imine (C=N–C) groups is 1. The average Bonchev–Trinajstić information content (AvgIpc) is 3.19. The molecule has 2 unspecified atom stereocenters. The van der Waals surface area contributed by atoms with Gasteiger partial charge in [0.1, 0.15) is 5.15 Å². The maximum absolute atomic E-state index is 5.78. The highest BCUT2D eigenvalue weighted by atomic mass is 127. The van der Waals surface area contributed by atoms with Gasteiger partial charge in [-0.1, -0.05) is 31.0 Å². The fraction of sp³-hybridized carbons (Fsp3) is 0.625. The second kappa shape index (κ2) is 10.3. The summed E-state index contributed by atoms with van der Waals surface area (Å²) in [5, 5.41) is 7.37. The molecule has 4 nitrogen and oxygen atoms in total. The molecule has 1 heterocycles. The summed E-state index contributed by atoms with van der Waals surface area (Å²) in [5.74, 6) is 1.77. The number of hydrogen-bond acceptors (Lipinski definition) is 2. The van der Waals surface area contributed by atoms with Gasteiger partial charge in [-0.3, -0.25) is 4.99 Å². The molecule has 6 heteroatoms. The molecule has 0 spiro atoms. The van der Waals surface area contributed by atoms with E-state index in [2.05, 4.69) is 34.5 Å². The highest BCUT2D eigenvalue weighted by Gasteiger charge is 2.36. The smallest absolute Gasteiger partial charge is 0.191 e. The molecule has 1 aliphatic carbocycles. The Morgan fingerprint density at radius 2 is 2.23 bits per heavy atom. The summed E-state index contributed by atoms with van der Waals surface area (Å²) < 4.78 is 0. The summed E-state index contributed by atoms with van der Waals surface area (Å²) >= 11 is 5.78. The summed E-state index contributed by atoms with van der Waals surface area (Å²) in [6.07, 6.45) is 6.55. The van der Waals surface area contributed by atoms with E-state index in [0.717, 1.165) is 37.0 Å². The molecule has 1 aliphatic rings. The Hall–Kier alpha value is -0.560. The van der Waals surface area contributed by atoms with Gasteiger partial charge < -0.3 is 10.6 Å². The Morgan fingerprint density at radius 3 is 2.86 bits per heavy atom. The molecule has 0 amide bonds. The van der Waals surface area contributed by atoms with Crippen LogP contribution in [0.1, 0.15) is 38.7 Å². The van der Waals surface area contributed by atoms with Crippen molar-refractivity contribution < 1.29 is 0 Å². The van der Waals surface area contributed by atoms with Gasteiger partial charge in [0.15, 0.2) is 5.96 Å². The van der Waals surface area contributed by atoms with Crippen LogP contribution in [0.3, 0.4) is 0 Å². The molecule has 2 N–H and O–H groups in total. The molecule has 0 radical (unpaired) electrons. The number of guanidine groups is 1. The first-order chi connectivity index (χ1) is 10.2. The van der Waals surface area contributed by atoms with Crippen molar-refractivity contribution in [1.29, 1.82) is 0 Å². The minimum atomic E-state index is 0. The lowest BCUT2D eigenvalue weighted by molar-refractivity contribution is 0.655. The van der Waals surface area contributed by atoms with Crippen LogP contribution in [0.25, 0.3) is 0 Å². The first-order valence-electron chi connectivity index (χ1n) is 7.88. The van der Waals surface area contributed by atoms with Crippen LogP contribution in [0.15, 0.2) is 23.3 Å². The molecule has 0 aliphatic heterocycles. The Kier molecular flexibility index (Phi) is 9.09. The highest BCUT2D eigenvalue weighted by molar-refractivity contribution is 14.0. The SMILES string of the molecule is CCCC1CC1NC(=NCCc1ccc(Cl)nc1)NCC.I. The minimum Gasteiger partial charge on any atom is -0.357 e. The number of nitrogens with one attached hydrogen (secondary N) is 2.